The highest BCUT2D eigenvalue weighted by Crippen LogP contribution is 2.44. The van der Waals surface area contributed by atoms with Gasteiger partial charge in [-0.05, 0) is 106 Å². The summed E-state index contributed by atoms with van der Waals surface area (Å²) >= 11 is 6.14. The number of likely N-dealkylation sites (tertiary alicyclic amines) is 1. The van der Waals surface area contributed by atoms with Gasteiger partial charge < -0.3 is 19.7 Å². The summed E-state index contributed by atoms with van der Waals surface area (Å²) in [5.74, 6) is -0.329. The average Bonchev–Trinajstić information content (AvgIpc) is 3.42. The van der Waals surface area contributed by atoms with Crippen LogP contribution in [0.4, 0.5) is 5.82 Å². The summed E-state index contributed by atoms with van der Waals surface area (Å²) < 4.78 is 12.3. The van der Waals surface area contributed by atoms with Crippen LogP contribution in [-0.2, 0) is 16.0 Å². The molecule has 4 fully saturated rings. The number of imide groups is 2. The van der Waals surface area contributed by atoms with Gasteiger partial charge in [0.1, 0.15) is 23.6 Å². The van der Waals surface area contributed by atoms with Crippen molar-refractivity contribution in [2.24, 2.45) is 5.41 Å². The Labute approximate surface area is 333 Å². The van der Waals surface area contributed by atoms with E-state index in [9.17, 15) is 24.0 Å². The third-order valence-electron chi connectivity index (χ3n) is 12.5. The van der Waals surface area contributed by atoms with Gasteiger partial charge in [-0.3, -0.25) is 39.1 Å². The number of halogens is 1. The maximum Gasteiger partial charge on any atom is 0.272 e. The van der Waals surface area contributed by atoms with Crippen molar-refractivity contribution in [1.82, 2.24) is 30.6 Å². The highest BCUT2D eigenvalue weighted by Gasteiger charge is 2.47. The molecule has 0 bridgehead atoms. The lowest BCUT2D eigenvalue weighted by Gasteiger charge is -2.51. The lowest BCUT2D eigenvalue weighted by atomic mass is 9.72. The number of rotatable bonds is 7. The number of hydrogen-bond donors (Lipinski definition) is 2. The van der Waals surface area contributed by atoms with Gasteiger partial charge in [0.2, 0.25) is 11.8 Å². The number of fused-ring (bicyclic) bond motifs is 2. The molecule has 294 valence electrons. The zero-order valence-corrected chi connectivity index (χ0v) is 31.9. The van der Waals surface area contributed by atoms with Gasteiger partial charge in [0.05, 0.1) is 34.4 Å². The van der Waals surface area contributed by atoms with Crippen LogP contribution in [-0.4, -0.2) is 107 Å². The van der Waals surface area contributed by atoms with Crippen LogP contribution in [0, 0.1) is 16.7 Å². The number of amides is 5. The number of benzene rings is 2. The summed E-state index contributed by atoms with van der Waals surface area (Å²) in [4.78, 5) is 69.5. The molecule has 57 heavy (non-hydrogen) atoms. The third-order valence-corrected chi connectivity index (χ3v) is 12.9. The monoisotopic (exact) mass is 792 g/mol. The second kappa shape index (κ2) is 14.7. The zero-order valence-electron chi connectivity index (χ0n) is 31.2. The third kappa shape index (κ3) is 7.05. The summed E-state index contributed by atoms with van der Waals surface area (Å²) in [5, 5.41) is 23.4. The Hall–Kier alpha value is -5.59. The molecule has 5 amide bonds. The van der Waals surface area contributed by atoms with E-state index in [0.29, 0.717) is 34.7 Å². The van der Waals surface area contributed by atoms with E-state index >= 15 is 0 Å². The molecule has 1 saturated carbocycles. The molecule has 1 aromatic heterocycles. The fraction of sp³-hybridized carbons (Fsp3) is 0.463. The van der Waals surface area contributed by atoms with Crippen molar-refractivity contribution in [2.45, 2.75) is 82.0 Å². The van der Waals surface area contributed by atoms with Crippen molar-refractivity contribution in [2.75, 3.05) is 37.7 Å². The lowest BCUT2D eigenvalue weighted by Crippen LogP contribution is -2.62. The van der Waals surface area contributed by atoms with Crippen LogP contribution in [0.2, 0.25) is 5.02 Å². The molecule has 6 heterocycles. The van der Waals surface area contributed by atoms with E-state index in [1.807, 2.05) is 12.1 Å². The van der Waals surface area contributed by atoms with Crippen LogP contribution < -0.4 is 25.0 Å². The molecule has 5 aliphatic heterocycles. The number of carbonyl (C=O) groups excluding carboxylic acids is 5. The standard InChI is InChI=1S/C41H41ClN8O7/c42-31-16-28(4-1-23(31)19-43)57-27-5-2-25(3-6-27)44-37(52)32-7-9-35(47-46-32)49-20-26(21-49)48-13-11-41(12-14-48)18-24-15-29-30(17-34(24)56-22-41)40(55)50(39(29)54)33-8-10-36(51)45-38(33)53/h1,4,7,9,15-17,25-27,33H,2-3,5-6,8,10-14,18,20-22H2,(H,44,52)(H,45,51,53). The molecule has 6 aliphatic rings. The van der Waals surface area contributed by atoms with Gasteiger partial charge in [-0.2, -0.15) is 5.26 Å². The maximum absolute atomic E-state index is 13.4. The Morgan fingerprint density at radius 1 is 0.965 bits per heavy atom. The molecular weight excluding hydrogens is 752 g/mol. The first kappa shape index (κ1) is 37.0. The Bertz CT molecular complexity index is 2200. The number of nitrogens with one attached hydrogen (secondary N) is 2. The van der Waals surface area contributed by atoms with Crippen molar-refractivity contribution >= 4 is 47.0 Å². The summed E-state index contributed by atoms with van der Waals surface area (Å²) in [6.07, 6.45) is 5.91. The Morgan fingerprint density at radius 2 is 1.72 bits per heavy atom. The quantitative estimate of drug-likeness (QED) is 0.333. The fourth-order valence-corrected chi connectivity index (χ4v) is 9.32. The number of hydrogen-bond acceptors (Lipinski definition) is 12. The second-order valence-corrected chi connectivity index (χ2v) is 16.5. The number of nitriles is 1. The number of piperidine rings is 2. The summed E-state index contributed by atoms with van der Waals surface area (Å²) in [6, 6.07) is 13.5. The predicted octanol–water partition coefficient (Wildman–Crippen LogP) is 3.43. The van der Waals surface area contributed by atoms with E-state index in [-0.39, 0.29) is 53.1 Å². The molecule has 16 heteroatoms. The van der Waals surface area contributed by atoms with Crippen molar-refractivity contribution in [3.05, 3.63) is 75.4 Å². The molecule has 2 N–H and O–H groups in total. The predicted molar refractivity (Wildman–Crippen MR) is 204 cm³/mol. The highest BCUT2D eigenvalue weighted by molar-refractivity contribution is 6.31. The van der Waals surface area contributed by atoms with Crippen LogP contribution in [0.1, 0.15) is 93.7 Å². The molecule has 0 radical (unpaired) electrons. The molecular formula is C41H41ClN8O7. The second-order valence-electron chi connectivity index (χ2n) is 16.1. The number of anilines is 1. The minimum Gasteiger partial charge on any atom is -0.493 e. The summed E-state index contributed by atoms with van der Waals surface area (Å²) in [7, 11) is 0. The molecule has 1 atom stereocenters. The molecule has 3 saturated heterocycles. The number of ether oxygens (including phenoxy) is 2. The number of carbonyl (C=O) groups is 5. The first-order valence-corrected chi connectivity index (χ1v) is 20.0. The Morgan fingerprint density at radius 3 is 2.40 bits per heavy atom. The van der Waals surface area contributed by atoms with Crippen molar-refractivity contribution < 1.29 is 33.4 Å². The van der Waals surface area contributed by atoms with E-state index in [4.69, 9.17) is 26.3 Å². The summed E-state index contributed by atoms with van der Waals surface area (Å²) in [5.41, 5.74) is 2.03. The number of nitrogens with zero attached hydrogens (tertiary/aromatic N) is 6. The first-order chi connectivity index (χ1) is 27.6. The van der Waals surface area contributed by atoms with Crippen molar-refractivity contribution in [3.8, 4) is 17.6 Å². The van der Waals surface area contributed by atoms with Gasteiger partial charge in [0.25, 0.3) is 17.7 Å². The normalized spacial score (nSPS) is 24.5. The van der Waals surface area contributed by atoms with Gasteiger partial charge in [-0.15, -0.1) is 10.2 Å². The minimum atomic E-state index is -1.00. The molecule has 9 rings (SSSR count). The lowest BCUT2D eigenvalue weighted by molar-refractivity contribution is -0.136. The number of aromatic nitrogens is 2. The van der Waals surface area contributed by atoms with Gasteiger partial charge in [-0.25, -0.2) is 0 Å². The fourth-order valence-electron chi connectivity index (χ4n) is 9.11. The molecule has 15 nitrogen and oxygen atoms in total. The van der Waals surface area contributed by atoms with E-state index in [2.05, 4.69) is 30.6 Å². The molecule has 1 spiro atoms. The van der Waals surface area contributed by atoms with Crippen molar-refractivity contribution in [1.29, 1.82) is 5.26 Å². The molecule has 1 aliphatic carbocycles. The Balaban J connectivity index is 0.730. The zero-order chi connectivity index (χ0) is 39.4. The molecule has 1 unspecified atom stereocenters. The largest absolute Gasteiger partial charge is 0.493 e. The van der Waals surface area contributed by atoms with Crippen LogP contribution in [0.15, 0.2) is 42.5 Å². The van der Waals surface area contributed by atoms with Crippen LogP contribution in [0.3, 0.4) is 0 Å². The Kier molecular flexibility index (Phi) is 9.56. The average molecular weight is 793 g/mol. The maximum atomic E-state index is 13.4. The van der Waals surface area contributed by atoms with Gasteiger partial charge >= 0.3 is 0 Å². The van der Waals surface area contributed by atoms with Gasteiger partial charge in [0.15, 0.2) is 11.5 Å². The highest BCUT2D eigenvalue weighted by atomic mass is 35.5. The van der Waals surface area contributed by atoms with Crippen LogP contribution >= 0.6 is 11.6 Å². The molecule has 3 aromatic rings. The van der Waals surface area contributed by atoms with E-state index in [1.165, 1.54) is 0 Å². The van der Waals surface area contributed by atoms with E-state index < -0.39 is 29.7 Å². The van der Waals surface area contributed by atoms with Gasteiger partial charge in [-0.1, -0.05) is 11.6 Å². The minimum absolute atomic E-state index is 0.0117. The van der Waals surface area contributed by atoms with Gasteiger partial charge in [0, 0.05) is 43.1 Å². The smallest absolute Gasteiger partial charge is 0.272 e. The first-order valence-electron chi connectivity index (χ1n) is 19.6. The van der Waals surface area contributed by atoms with E-state index in [1.54, 1.807) is 36.4 Å². The van der Waals surface area contributed by atoms with E-state index in [0.717, 1.165) is 87.4 Å². The van der Waals surface area contributed by atoms with Crippen molar-refractivity contribution in [3.63, 3.8) is 0 Å². The van der Waals surface area contributed by atoms with Crippen LogP contribution in [0.5, 0.6) is 11.5 Å². The molecule has 2 aromatic carbocycles. The van der Waals surface area contributed by atoms with Crippen LogP contribution in [0.25, 0.3) is 0 Å². The summed E-state index contributed by atoms with van der Waals surface area (Å²) in [6.45, 7) is 3.98. The SMILES string of the molecule is N#Cc1ccc(OC2CCC(NC(=O)c3ccc(N4CC(N5CCC6(CC5)COc5cc7c(cc5C6)C(=O)N(C5CCC(=O)NC5=O)C7=O)C4)nn3)CC2)cc1Cl. The topological polar surface area (TPSA) is 187 Å².